The van der Waals surface area contributed by atoms with E-state index in [-0.39, 0.29) is 0 Å². The van der Waals surface area contributed by atoms with Gasteiger partial charge in [0.25, 0.3) is 0 Å². The van der Waals surface area contributed by atoms with Gasteiger partial charge in [0.2, 0.25) is 0 Å². The fourth-order valence-corrected chi connectivity index (χ4v) is 13.7. The van der Waals surface area contributed by atoms with Gasteiger partial charge in [-0.05, 0) is 184 Å². The molecule has 6 nitrogen and oxygen atoms in total. The lowest BCUT2D eigenvalue weighted by Crippen LogP contribution is -2.10. The van der Waals surface area contributed by atoms with Crippen molar-refractivity contribution in [3.8, 4) is 61.4 Å². The van der Waals surface area contributed by atoms with Gasteiger partial charge in [0.05, 0.1) is 0 Å². The Morgan fingerprint density at radius 2 is 0.577 bits per heavy atom. The molecule has 97 heavy (non-hydrogen) atoms. The topological polar surface area (TPSA) is 45.2 Å². The van der Waals surface area contributed by atoms with E-state index in [2.05, 4.69) is 331 Å². The van der Waals surface area contributed by atoms with E-state index in [1.807, 2.05) is 48.6 Å². The zero-order valence-electron chi connectivity index (χ0n) is 53.0. The number of allylic oxidation sites excluding steroid dienone is 4. The van der Waals surface area contributed by atoms with Crippen LogP contribution in [0.5, 0.6) is 5.75 Å². The van der Waals surface area contributed by atoms with E-state index in [0.717, 1.165) is 168 Å². The summed E-state index contributed by atoms with van der Waals surface area (Å²) in [5, 5.41) is 4.49. The highest BCUT2D eigenvalue weighted by molar-refractivity contribution is 6.11. The quantitative estimate of drug-likeness (QED) is 0.108. The van der Waals surface area contributed by atoms with E-state index in [0.29, 0.717) is 6.61 Å². The van der Waals surface area contributed by atoms with Gasteiger partial charge in [0, 0.05) is 89.4 Å². The molecule has 0 bridgehead atoms. The maximum Gasteiger partial charge on any atom is 0.143 e. The molecule has 0 saturated carbocycles. The first-order valence-corrected chi connectivity index (χ1v) is 32.8. The van der Waals surface area contributed by atoms with E-state index in [4.69, 9.17) is 13.6 Å². The van der Waals surface area contributed by atoms with Gasteiger partial charge in [0.15, 0.2) is 0 Å². The summed E-state index contributed by atoms with van der Waals surface area (Å²) in [6, 6.07) is 119. The minimum absolute atomic E-state index is 0.482. The summed E-state index contributed by atoms with van der Waals surface area (Å²) in [5.41, 5.74) is 25.9. The Balaban J connectivity index is 0.665. The van der Waals surface area contributed by atoms with Gasteiger partial charge in [-0.1, -0.05) is 231 Å². The molecule has 16 aromatic rings. The van der Waals surface area contributed by atoms with Crippen molar-refractivity contribution in [2.24, 2.45) is 0 Å². The molecule has 6 heteroatoms. The molecule has 460 valence electrons. The van der Waals surface area contributed by atoms with E-state index < -0.39 is 0 Å². The lowest BCUT2D eigenvalue weighted by molar-refractivity contribution is 0.362. The Morgan fingerprint density at radius 1 is 0.258 bits per heavy atom. The molecular weight excluding hydrogens is 1180 g/mol. The average molecular weight is 1250 g/mol. The van der Waals surface area contributed by atoms with Crippen molar-refractivity contribution in [2.75, 3.05) is 21.3 Å². The smallest absolute Gasteiger partial charge is 0.143 e. The number of rotatable bonds is 14. The van der Waals surface area contributed by atoms with E-state index in [9.17, 15) is 0 Å². The van der Waals surface area contributed by atoms with E-state index in [1.54, 1.807) is 0 Å². The number of ether oxygens (including phenoxy) is 1. The predicted octanol–water partition coefficient (Wildman–Crippen LogP) is 25.7. The predicted molar refractivity (Wildman–Crippen MR) is 405 cm³/mol. The number of nitrogens with zero attached hydrogens (tertiary/aromatic N) is 3. The van der Waals surface area contributed by atoms with Gasteiger partial charge in [-0.15, -0.1) is 0 Å². The third kappa shape index (κ3) is 11.2. The van der Waals surface area contributed by atoms with Crippen molar-refractivity contribution >= 4 is 101 Å². The van der Waals surface area contributed by atoms with Gasteiger partial charge in [-0.3, -0.25) is 0 Å². The van der Waals surface area contributed by atoms with Crippen LogP contribution in [0.3, 0.4) is 0 Å². The molecule has 2 aromatic heterocycles. The molecule has 0 saturated heterocycles. The maximum atomic E-state index is 6.44. The van der Waals surface area contributed by atoms with Crippen molar-refractivity contribution in [1.82, 2.24) is 0 Å². The lowest BCUT2D eigenvalue weighted by Gasteiger charge is -2.27. The Kier molecular flexibility index (Phi) is 15.1. The Morgan fingerprint density at radius 3 is 0.969 bits per heavy atom. The van der Waals surface area contributed by atoms with Crippen LogP contribution in [-0.2, 0) is 0 Å². The first-order chi connectivity index (χ1) is 48.0. The first-order valence-electron chi connectivity index (χ1n) is 32.8. The van der Waals surface area contributed by atoms with Gasteiger partial charge < -0.3 is 28.3 Å². The molecule has 0 N–H and O–H groups in total. The molecule has 0 aliphatic carbocycles. The van der Waals surface area contributed by atoms with Crippen LogP contribution in [0.15, 0.2) is 373 Å². The SMILES string of the molecule is C=C1/C=C\C=C/COc2cc(-c3ccc(N(c4ccc(-c5ccc(N(c6ccccc6)c6ccc(-c7cccc8c7oc7ccccc78)cc6)cc5)cc4)c4ccc(-c5ccc(N(c6ccccc6)c6ccc(-c7cccc8c7oc7ccccc78)cc6)cc5)cc4)cc3)ccc21. The number of fused-ring (bicyclic) bond motifs is 7. The van der Waals surface area contributed by atoms with Crippen molar-refractivity contribution in [1.29, 1.82) is 0 Å². The third-order valence-corrected chi connectivity index (χ3v) is 18.5. The molecule has 0 amide bonds. The van der Waals surface area contributed by atoms with Crippen molar-refractivity contribution < 1.29 is 13.6 Å². The van der Waals surface area contributed by atoms with Gasteiger partial charge in [0.1, 0.15) is 34.7 Å². The first kappa shape index (κ1) is 58.0. The van der Waals surface area contributed by atoms with Crippen LogP contribution in [0.4, 0.5) is 51.2 Å². The van der Waals surface area contributed by atoms with E-state index >= 15 is 0 Å². The minimum atomic E-state index is 0.482. The van der Waals surface area contributed by atoms with Crippen LogP contribution in [0.25, 0.3) is 105 Å². The number of anilines is 9. The summed E-state index contributed by atoms with van der Waals surface area (Å²) < 4.78 is 19.2. The standard InChI is InChI=1S/C91H63N3O3/c1-62-17-5-4-14-60-95-89-61-70(44-59-80(62)89)67-38-53-77(54-39-67)94(75-49-34-65(35-50-75)63-30-45-73(46-31-63)92(71-18-6-2-7-19-71)78-55-40-68(41-56-78)81-24-15-26-85-83-22-10-12-28-87(83)96-90(81)85)76-51-36-66(37-52-76)64-32-47-74(48-33-64)93(72-20-8-3-9-21-72)79-57-42-69(43-58-79)82-25-16-27-86-84-23-11-13-29-88(84)97-91(82)86/h2-59,61H,1,60H2/b14-4-,17-5-. The third-order valence-electron chi connectivity index (χ3n) is 18.5. The summed E-state index contributed by atoms with van der Waals surface area (Å²) in [6.45, 7) is 4.80. The summed E-state index contributed by atoms with van der Waals surface area (Å²) in [7, 11) is 0. The fourth-order valence-electron chi connectivity index (χ4n) is 13.7. The van der Waals surface area contributed by atoms with Crippen molar-refractivity contribution in [3.05, 3.63) is 370 Å². The molecule has 0 spiro atoms. The normalized spacial score (nSPS) is 12.8. The largest absolute Gasteiger partial charge is 0.489 e. The van der Waals surface area contributed by atoms with Crippen LogP contribution >= 0.6 is 0 Å². The summed E-state index contributed by atoms with van der Waals surface area (Å²) >= 11 is 0. The highest BCUT2D eigenvalue weighted by atomic mass is 16.5. The molecule has 0 unspecified atom stereocenters. The van der Waals surface area contributed by atoms with Crippen molar-refractivity contribution in [2.45, 2.75) is 0 Å². The van der Waals surface area contributed by atoms with Crippen LogP contribution in [0.1, 0.15) is 5.56 Å². The molecule has 1 aliphatic rings. The zero-order chi connectivity index (χ0) is 64.6. The van der Waals surface area contributed by atoms with Gasteiger partial charge in [-0.25, -0.2) is 0 Å². The number of para-hydroxylation sites is 6. The Labute approximate surface area is 563 Å². The Bertz CT molecular complexity index is 5310. The minimum Gasteiger partial charge on any atom is -0.489 e. The second-order valence-electron chi connectivity index (χ2n) is 24.4. The molecular formula is C91H63N3O3. The molecule has 3 heterocycles. The van der Waals surface area contributed by atoms with Crippen LogP contribution in [0, 0.1) is 0 Å². The fraction of sp³-hybridized carbons (Fsp3) is 0.0110. The molecule has 17 rings (SSSR count). The number of hydrogen-bond acceptors (Lipinski definition) is 6. The average Bonchev–Trinajstić information content (AvgIpc) is 1.68. The summed E-state index contributed by atoms with van der Waals surface area (Å²) in [6.07, 6.45) is 8.05. The van der Waals surface area contributed by atoms with Crippen LogP contribution in [0.2, 0.25) is 0 Å². The summed E-state index contributed by atoms with van der Waals surface area (Å²) in [5.74, 6) is 0.815. The second-order valence-corrected chi connectivity index (χ2v) is 24.4. The maximum absolute atomic E-state index is 6.44. The summed E-state index contributed by atoms with van der Waals surface area (Å²) in [4.78, 5) is 6.95. The van der Waals surface area contributed by atoms with Gasteiger partial charge >= 0.3 is 0 Å². The molecule has 0 radical (unpaired) electrons. The highest BCUT2D eigenvalue weighted by Crippen LogP contribution is 2.45. The lowest BCUT2D eigenvalue weighted by atomic mass is 9.99. The highest BCUT2D eigenvalue weighted by Gasteiger charge is 2.21. The molecule has 0 fully saturated rings. The van der Waals surface area contributed by atoms with Crippen LogP contribution < -0.4 is 19.4 Å². The van der Waals surface area contributed by atoms with Crippen LogP contribution in [-0.4, -0.2) is 6.61 Å². The molecule has 1 aliphatic heterocycles. The number of benzene rings is 14. The monoisotopic (exact) mass is 1250 g/mol. The molecule has 0 atom stereocenters. The number of furan rings is 2. The number of hydrogen-bond donors (Lipinski definition) is 0. The molecule has 14 aromatic carbocycles. The second kappa shape index (κ2) is 25.2. The Hall–Kier alpha value is -12.9. The van der Waals surface area contributed by atoms with E-state index in [1.165, 1.54) is 0 Å². The van der Waals surface area contributed by atoms with Crippen molar-refractivity contribution in [3.63, 3.8) is 0 Å². The van der Waals surface area contributed by atoms with Gasteiger partial charge in [-0.2, -0.15) is 0 Å². The zero-order valence-corrected chi connectivity index (χ0v) is 53.0.